The minimum Gasteiger partial charge on any atom is -0.489 e. The van der Waals surface area contributed by atoms with Crippen molar-refractivity contribution in [3.8, 4) is 5.75 Å². The molecule has 2 rings (SSSR count). The maximum Gasteiger partial charge on any atom is 0.138 e. The van der Waals surface area contributed by atoms with Crippen molar-refractivity contribution in [2.75, 3.05) is 13.2 Å². The van der Waals surface area contributed by atoms with Crippen molar-refractivity contribution in [2.24, 2.45) is 0 Å². The van der Waals surface area contributed by atoms with E-state index in [1.807, 2.05) is 0 Å². The van der Waals surface area contributed by atoms with Crippen molar-refractivity contribution in [3.63, 3.8) is 0 Å². The SMILES string of the molecule is Fc1ccc(OCC2CCCO2)c(Cl)c1. The minimum atomic E-state index is -0.357. The van der Waals surface area contributed by atoms with Crippen LogP contribution in [-0.2, 0) is 4.74 Å². The Labute approximate surface area is 92.9 Å². The zero-order valence-electron chi connectivity index (χ0n) is 8.21. The van der Waals surface area contributed by atoms with E-state index in [0.29, 0.717) is 17.4 Å². The van der Waals surface area contributed by atoms with Gasteiger partial charge < -0.3 is 9.47 Å². The Kier molecular flexibility index (Phi) is 3.44. The third kappa shape index (κ3) is 2.83. The third-order valence-electron chi connectivity index (χ3n) is 2.34. The number of rotatable bonds is 3. The van der Waals surface area contributed by atoms with Crippen LogP contribution in [0.5, 0.6) is 5.75 Å². The number of hydrogen-bond donors (Lipinski definition) is 0. The van der Waals surface area contributed by atoms with Crippen LogP contribution < -0.4 is 4.74 Å². The Morgan fingerprint density at radius 1 is 1.53 bits per heavy atom. The van der Waals surface area contributed by atoms with Gasteiger partial charge in [0.15, 0.2) is 0 Å². The largest absolute Gasteiger partial charge is 0.489 e. The molecule has 0 N–H and O–H groups in total. The molecule has 1 saturated heterocycles. The van der Waals surface area contributed by atoms with E-state index in [1.54, 1.807) is 0 Å². The molecule has 0 bridgehead atoms. The summed E-state index contributed by atoms with van der Waals surface area (Å²) in [5, 5.41) is 0.299. The number of halogens is 2. The van der Waals surface area contributed by atoms with Gasteiger partial charge in [-0.15, -0.1) is 0 Å². The van der Waals surface area contributed by atoms with Crippen LogP contribution in [0.1, 0.15) is 12.8 Å². The van der Waals surface area contributed by atoms with E-state index in [9.17, 15) is 4.39 Å². The molecule has 1 aliphatic heterocycles. The first-order valence-electron chi connectivity index (χ1n) is 4.95. The second-order valence-corrected chi connectivity index (χ2v) is 3.93. The summed E-state index contributed by atoms with van der Waals surface area (Å²) in [5.74, 6) is 0.151. The van der Waals surface area contributed by atoms with E-state index in [0.717, 1.165) is 19.4 Å². The van der Waals surface area contributed by atoms with Gasteiger partial charge in [0.05, 0.1) is 11.1 Å². The number of hydrogen-bond acceptors (Lipinski definition) is 2. The van der Waals surface area contributed by atoms with E-state index >= 15 is 0 Å². The zero-order chi connectivity index (χ0) is 10.7. The summed E-state index contributed by atoms with van der Waals surface area (Å²) in [4.78, 5) is 0. The van der Waals surface area contributed by atoms with Gasteiger partial charge in [0.1, 0.15) is 18.2 Å². The lowest BCUT2D eigenvalue weighted by molar-refractivity contribution is 0.0680. The fraction of sp³-hybridized carbons (Fsp3) is 0.455. The second-order valence-electron chi connectivity index (χ2n) is 3.52. The maximum absolute atomic E-state index is 12.7. The van der Waals surface area contributed by atoms with Crippen molar-refractivity contribution >= 4 is 11.6 Å². The fourth-order valence-corrected chi connectivity index (χ4v) is 1.77. The Balaban J connectivity index is 1.92. The van der Waals surface area contributed by atoms with Crippen LogP contribution in [0, 0.1) is 5.82 Å². The number of benzene rings is 1. The Morgan fingerprint density at radius 3 is 3.07 bits per heavy atom. The lowest BCUT2D eigenvalue weighted by Crippen LogP contribution is -2.16. The molecule has 1 aromatic carbocycles. The highest BCUT2D eigenvalue weighted by Crippen LogP contribution is 2.25. The van der Waals surface area contributed by atoms with Crippen molar-refractivity contribution in [1.29, 1.82) is 0 Å². The van der Waals surface area contributed by atoms with Crippen LogP contribution >= 0.6 is 11.6 Å². The molecule has 1 unspecified atom stereocenters. The molecule has 1 aliphatic rings. The summed E-state index contributed by atoms with van der Waals surface area (Å²) in [6, 6.07) is 4.11. The summed E-state index contributed by atoms with van der Waals surface area (Å²) >= 11 is 5.81. The third-order valence-corrected chi connectivity index (χ3v) is 2.64. The summed E-state index contributed by atoms with van der Waals surface area (Å²) in [7, 11) is 0. The first-order valence-corrected chi connectivity index (χ1v) is 5.33. The highest BCUT2D eigenvalue weighted by molar-refractivity contribution is 6.32. The van der Waals surface area contributed by atoms with E-state index < -0.39 is 0 Å². The molecule has 1 heterocycles. The first-order chi connectivity index (χ1) is 7.25. The Hall–Kier alpha value is -0.800. The van der Waals surface area contributed by atoms with Gasteiger partial charge in [-0.2, -0.15) is 0 Å². The summed E-state index contributed by atoms with van der Waals surface area (Å²) in [6.45, 7) is 1.27. The first kappa shape index (κ1) is 10.7. The molecule has 15 heavy (non-hydrogen) atoms. The Bertz CT molecular complexity index is 337. The van der Waals surface area contributed by atoms with Crippen LogP contribution in [0.4, 0.5) is 4.39 Å². The van der Waals surface area contributed by atoms with Crippen LogP contribution in [-0.4, -0.2) is 19.3 Å². The molecule has 2 nitrogen and oxygen atoms in total. The highest BCUT2D eigenvalue weighted by atomic mass is 35.5. The molecule has 0 saturated carbocycles. The molecule has 0 amide bonds. The van der Waals surface area contributed by atoms with Gasteiger partial charge in [-0.25, -0.2) is 4.39 Å². The normalized spacial score (nSPS) is 20.5. The van der Waals surface area contributed by atoms with Crippen molar-refractivity contribution in [1.82, 2.24) is 0 Å². The topological polar surface area (TPSA) is 18.5 Å². The monoisotopic (exact) mass is 230 g/mol. The highest BCUT2D eigenvalue weighted by Gasteiger charge is 2.16. The minimum absolute atomic E-state index is 0.145. The number of ether oxygens (including phenoxy) is 2. The lowest BCUT2D eigenvalue weighted by Gasteiger charge is -2.12. The molecular weight excluding hydrogens is 219 g/mol. The van der Waals surface area contributed by atoms with Gasteiger partial charge >= 0.3 is 0 Å². The van der Waals surface area contributed by atoms with Crippen LogP contribution in [0.3, 0.4) is 0 Å². The summed E-state index contributed by atoms with van der Waals surface area (Å²) < 4.78 is 23.6. The smallest absolute Gasteiger partial charge is 0.138 e. The molecule has 1 aromatic rings. The lowest BCUT2D eigenvalue weighted by atomic mass is 10.2. The average Bonchev–Trinajstić information content (AvgIpc) is 2.69. The van der Waals surface area contributed by atoms with Crippen LogP contribution in [0.25, 0.3) is 0 Å². The van der Waals surface area contributed by atoms with E-state index in [-0.39, 0.29) is 11.9 Å². The Morgan fingerprint density at radius 2 is 2.40 bits per heavy atom. The van der Waals surface area contributed by atoms with Crippen LogP contribution in [0.15, 0.2) is 18.2 Å². The quantitative estimate of drug-likeness (QED) is 0.795. The van der Waals surface area contributed by atoms with Crippen molar-refractivity contribution < 1.29 is 13.9 Å². The molecule has 4 heteroatoms. The van der Waals surface area contributed by atoms with Crippen molar-refractivity contribution in [2.45, 2.75) is 18.9 Å². The van der Waals surface area contributed by atoms with Gasteiger partial charge in [-0.1, -0.05) is 11.6 Å². The second kappa shape index (κ2) is 4.81. The molecule has 0 aromatic heterocycles. The average molecular weight is 231 g/mol. The fourth-order valence-electron chi connectivity index (χ4n) is 1.55. The molecule has 1 fully saturated rings. The van der Waals surface area contributed by atoms with Gasteiger partial charge in [0.2, 0.25) is 0 Å². The molecule has 1 atom stereocenters. The molecule has 0 spiro atoms. The van der Waals surface area contributed by atoms with Crippen molar-refractivity contribution in [3.05, 3.63) is 29.0 Å². The zero-order valence-corrected chi connectivity index (χ0v) is 8.97. The summed E-state index contributed by atoms with van der Waals surface area (Å²) in [6.07, 6.45) is 2.23. The van der Waals surface area contributed by atoms with Gasteiger partial charge in [0, 0.05) is 6.61 Å². The molecule has 82 valence electrons. The summed E-state index contributed by atoms with van der Waals surface area (Å²) in [5.41, 5.74) is 0. The van der Waals surface area contributed by atoms with E-state index in [2.05, 4.69) is 0 Å². The van der Waals surface area contributed by atoms with Gasteiger partial charge in [-0.3, -0.25) is 0 Å². The van der Waals surface area contributed by atoms with E-state index in [1.165, 1.54) is 18.2 Å². The predicted octanol–water partition coefficient (Wildman–Crippen LogP) is 3.04. The molecule has 0 aliphatic carbocycles. The predicted molar refractivity (Wildman–Crippen MR) is 55.9 cm³/mol. The van der Waals surface area contributed by atoms with Gasteiger partial charge in [-0.05, 0) is 31.0 Å². The maximum atomic E-state index is 12.7. The molecular formula is C11H12ClFO2. The van der Waals surface area contributed by atoms with E-state index in [4.69, 9.17) is 21.1 Å². The molecule has 0 radical (unpaired) electrons. The standard InChI is InChI=1S/C11H12ClFO2/c12-10-6-8(13)3-4-11(10)15-7-9-2-1-5-14-9/h3-4,6,9H,1-2,5,7H2. The van der Waals surface area contributed by atoms with Crippen LogP contribution in [0.2, 0.25) is 5.02 Å². The van der Waals surface area contributed by atoms with Gasteiger partial charge in [0.25, 0.3) is 0 Å².